The summed E-state index contributed by atoms with van der Waals surface area (Å²) in [7, 11) is 0. The van der Waals surface area contributed by atoms with Gasteiger partial charge in [0.1, 0.15) is 0 Å². The number of rotatable bonds is 8. The summed E-state index contributed by atoms with van der Waals surface area (Å²) in [5, 5.41) is 6.19. The van der Waals surface area contributed by atoms with Crippen LogP contribution in [0.25, 0.3) is 0 Å². The minimum atomic E-state index is -0.0234. The fraction of sp³-hybridized carbons (Fsp3) is 0.600. The van der Waals surface area contributed by atoms with E-state index < -0.39 is 0 Å². The number of nitrogens with zero attached hydrogens (tertiary/aromatic N) is 1. The van der Waals surface area contributed by atoms with Crippen molar-refractivity contribution in [3.05, 3.63) is 24.0 Å². The average molecular weight is 263 g/mol. The van der Waals surface area contributed by atoms with E-state index in [1.807, 2.05) is 0 Å². The summed E-state index contributed by atoms with van der Waals surface area (Å²) in [5.41, 5.74) is 1.48. The molecule has 0 unspecified atom stereocenters. The molecule has 0 aliphatic heterocycles. The van der Waals surface area contributed by atoms with E-state index >= 15 is 0 Å². The maximum Gasteiger partial charge on any atom is 0.253 e. The molecule has 0 fully saturated rings. The van der Waals surface area contributed by atoms with Gasteiger partial charge in [0.05, 0.1) is 17.4 Å². The van der Waals surface area contributed by atoms with Crippen molar-refractivity contribution < 1.29 is 4.79 Å². The fourth-order valence-corrected chi connectivity index (χ4v) is 1.80. The molecule has 19 heavy (non-hydrogen) atoms. The number of aromatic nitrogens is 1. The van der Waals surface area contributed by atoms with Crippen LogP contribution < -0.4 is 10.6 Å². The van der Waals surface area contributed by atoms with Gasteiger partial charge in [-0.25, -0.2) is 0 Å². The first-order valence-electron chi connectivity index (χ1n) is 7.11. The molecule has 0 aromatic carbocycles. The zero-order valence-electron chi connectivity index (χ0n) is 12.2. The van der Waals surface area contributed by atoms with Gasteiger partial charge in [-0.05, 0) is 31.2 Å². The first-order chi connectivity index (χ1) is 9.15. The molecule has 106 valence electrons. The zero-order chi connectivity index (χ0) is 14.1. The summed E-state index contributed by atoms with van der Waals surface area (Å²) >= 11 is 0. The Morgan fingerprint density at radius 2 is 2.16 bits per heavy atom. The smallest absolute Gasteiger partial charge is 0.253 e. The van der Waals surface area contributed by atoms with Crippen molar-refractivity contribution in [3.8, 4) is 0 Å². The molecular weight excluding hydrogens is 238 g/mol. The summed E-state index contributed by atoms with van der Waals surface area (Å²) in [6.45, 7) is 8.05. The lowest BCUT2D eigenvalue weighted by atomic mass is 10.1. The molecule has 1 aromatic heterocycles. The van der Waals surface area contributed by atoms with Crippen molar-refractivity contribution in [2.45, 2.75) is 40.0 Å². The van der Waals surface area contributed by atoms with Gasteiger partial charge in [0.2, 0.25) is 0 Å². The second kappa shape index (κ2) is 8.51. The van der Waals surface area contributed by atoms with E-state index in [-0.39, 0.29) is 5.91 Å². The normalized spacial score (nSPS) is 10.5. The highest BCUT2D eigenvalue weighted by Gasteiger charge is 2.10. The van der Waals surface area contributed by atoms with Gasteiger partial charge in [0.25, 0.3) is 5.91 Å². The quantitative estimate of drug-likeness (QED) is 0.709. The van der Waals surface area contributed by atoms with Gasteiger partial charge in [-0.1, -0.05) is 20.8 Å². The van der Waals surface area contributed by atoms with E-state index in [0.717, 1.165) is 38.0 Å². The summed E-state index contributed by atoms with van der Waals surface area (Å²) in [6, 6.07) is 1.76. The van der Waals surface area contributed by atoms with Crippen LogP contribution in [0.15, 0.2) is 18.5 Å². The van der Waals surface area contributed by atoms with Gasteiger partial charge >= 0.3 is 0 Å². The lowest BCUT2D eigenvalue weighted by Crippen LogP contribution is -2.25. The molecule has 0 aliphatic carbocycles. The molecule has 1 aromatic rings. The Kier molecular flexibility index (Phi) is 6.93. The number of nitrogens with one attached hydrogen (secondary N) is 2. The van der Waals surface area contributed by atoms with Crippen LogP contribution in [0, 0.1) is 5.92 Å². The topological polar surface area (TPSA) is 54.0 Å². The number of hydrogen-bond donors (Lipinski definition) is 2. The van der Waals surface area contributed by atoms with E-state index in [1.165, 1.54) is 0 Å². The fourth-order valence-electron chi connectivity index (χ4n) is 1.80. The van der Waals surface area contributed by atoms with Crippen LogP contribution in [0.2, 0.25) is 0 Å². The van der Waals surface area contributed by atoms with Gasteiger partial charge in [-0.2, -0.15) is 0 Å². The van der Waals surface area contributed by atoms with Gasteiger partial charge < -0.3 is 10.6 Å². The maximum absolute atomic E-state index is 12.1. The van der Waals surface area contributed by atoms with Crippen LogP contribution in [0.3, 0.4) is 0 Å². The van der Waals surface area contributed by atoms with Crippen molar-refractivity contribution in [3.63, 3.8) is 0 Å². The molecule has 0 saturated heterocycles. The summed E-state index contributed by atoms with van der Waals surface area (Å²) in [6.07, 6.45) is 6.53. The Bertz CT molecular complexity index is 391. The lowest BCUT2D eigenvalue weighted by Gasteiger charge is -2.11. The molecule has 1 rings (SSSR count). The van der Waals surface area contributed by atoms with Crippen molar-refractivity contribution in [2.75, 3.05) is 18.4 Å². The third-order valence-corrected chi connectivity index (χ3v) is 2.87. The number of carbonyl (C=O) groups is 1. The third kappa shape index (κ3) is 5.73. The van der Waals surface area contributed by atoms with Crippen LogP contribution in [-0.4, -0.2) is 24.0 Å². The monoisotopic (exact) mass is 263 g/mol. The second-order valence-electron chi connectivity index (χ2n) is 5.14. The molecule has 4 nitrogen and oxygen atoms in total. The molecular formula is C15H25N3O. The van der Waals surface area contributed by atoms with Crippen molar-refractivity contribution in [1.29, 1.82) is 0 Å². The third-order valence-electron chi connectivity index (χ3n) is 2.87. The first kappa shape index (κ1) is 15.5. The van der Waals surface area contributed by atoms with E-state index in [2.05, 4.69) is 36.4 Å². The van der Waals surface area contributed by atoms with E-state index in [1.54, 1.807) is 18.5 Å². The molecule has 0 atom stereocenters. The van der Waals surface area contributed by atoms with Gasteiger partial charge in [0.15, 0.2) is 0 Å². The van der Waals surface area contributed by atoms with Crippen molar-refractivity contribution >= 4 is 11.6 Å². The number of carbonyl (C=O) groups excluding carboxylic acids is 1. The predicted molar refractivity (Wildman–Crippen MR) is 79.4 cm³/mol. The standard InChI is InChI=1S/C15H25N3O/c1-4-8-17-14-11-16-10-7-13(14)15(19)18-9-5-6-12(2)3/h7,10-12,17H,4-6,8-9H2,1-3H3,(H,18,19). The van der Waals surface area contributed by atoms with Crippen LogP contribution in [0.1, 0.15) is 50.4 Å². The Morgan fingerprint density at radius 3 is 2.84 bits per heavy atom. The number of hydrogen-bond acceptors (Lipinski definition) is 3. The Morgan fingerprint density at radius 1 is 1.37 bits per heavy atom. The molecule has 0 saturated carbocycles. The van der Waals surface area contributed by atoms with Gasteiger partial charge in [-0.3, -0.25) is 9.78 Å². The summed E-state index contributed by atoms with van der Waals surface area (Å²) in [5.74, 6) is 0.657. The Hall–Kier alpha value is -1.58. The molecule has 0 aliphatic rings. The van der Waals surface area contributed by atoms with E-state index in [0.29, 0.717) is 11.5 Å². The zero-order valence-corrected chi connectivity index (χ0v) is 12.2. The molecule has 0 bridgehead atoms. The lowest BCUT2D eigenvalue weighted by molar-refractivity contribution is 0.0953. The van der Waals surface area contributed by atoms with Crippen LogP contribution in [0.4, 0.5) is 5.69 Å². The largest absolute Gasteiger partial charge is 0.383 e. The Labute approximate surface area is 116 Å². The molecule has 0 spiro atoms. The van der Waals surface area contributed by atoms with Crippen LogP contribution >= 0.6 is 0 Å². The highest BCUT2D eigenvalue weighted by molar-refractivity contribution is 5.99. The van der Waals surface area contributed by atoms with Crippen molar-refractivity contribution in [2.24, 2.45) is 5.92 Å². The molecule has 4 heteroatoms. The molecule has 0 radical (unpaired) electrons. The molecule has 1 heterocycles. The molecule has 2 N–H and O–H groups in total. The SMILES string of the molecule is CCCNc1cnccc1C(=O)NCCCC(C)C. The summed E-state index contributed by atoms with van der Waals surface area (Å²) in [4.78, 5) is 16.2. The highest BCUT2D eigenvalue weighted by atomic mass is 16.1. The van der Waals surface area contributed by atoms with Gasteiger partial charge in [-0.15, -0.1) is 0 Å². The Balaban J connectivity index is 2.51. The second-order valence-corrected chi connectivity index (χ2v) is 5.14. The molecule has 1 amide bonds. The van der Waals surface area contributed by atoms with Crippen LogP contribution in [-0.2, 0) is 0 Å². The van der Waals surface area contributed by atoms with Gasteiger partial charge in [0, 0.05) is 19.3 Å². The van der Waals surface area contributed by atoms with Crippen LogP contribution in [0.5, 0.6) is 0 Å². The van der Waals surface area contributed by atoms with Crippen molar-refractivity contribution in [1.82, 2.24) is 10.3 Å². The number of pyridine rings is 1. The predicted octanol–water partition coefficient (Wildman–Crippen LogP) is 3.07. The number of anilines is 1. The minimum absolute atomic E-state index is 0.0234. The first-order valence-corrected chi connectivity index (χ1v) is 7.11. The summed E-state index contributed by atoms with van der Waals surface area (Å²) < 4.78 is 0. The maximum atomic E-state index is 12.1. The van der Waals surface area contributed by atoms with E-state index in [9.17, 15) is 4.79 Å². The highest BCUT2D eigenvalue weighted by Crippen LogP contribution is 2.13. The average Bonchev–Trinajstić information content (AvgIpc) is 2.41. The van der Waals surface area contributed by atoms with E-state index in [4.69, 9.17) is 0 Å². The minimum Gasteiger partial charge on any atom is -0.383 e. The number of amides is 1.